The zero-order chi connectivity index (χ0) is 9.15. The molecular weight excluding hydrogens is 369 g/mol. The van der Waals surface area contributed by atoms with Gasteiger partial charge in [-0.3, -0.25) is 9.59 Å². The third kappa shape index (κ3) is 52600. The first kappa shape index (κ1) is 29.7. The van der Waals surface area contributed by atoms with Gasteiger partial charge in [-0.05, 0) is 0 Å². The smallest absolute Gasteiger partial charge is 0.693 e. The molecule has 0 rings (SSSR count). The molecule has 0 saturated heterocycles. The van der Waals surface area contributed by atoms with Crippen LogP contribution in [0.5, 0.6) is 0 Å². The number of carboxylic acid groups (broad SMARTS) is 2. The Kier molecular flexibility index (Phi) is 76.1. The van der Waals surface area contributed by atoms with Crippen LogP contribution in [0.2, 0.25) is 0 Å². The fourth-order valence-corrected chi connectivity index (χ4v) is 0. The number of nitrogens with two attached hydrogens (primary N) is 1. The molecule has 5 nitrogen and oxygen atoms in total. The minimum absolute atomic E-state index is 0. The van der Waals surface area contributed by atoms with E-state index in [0.29, 0.717) is 0 Å². The molecule has 0 bridgehead atoms. The summed E-state index contributed by atoms with van der Waals surface area (Å²) in [6.07, 6.45) is 0. The summed E-state index contributed by atoms with van der Waals surface area (Å²) in [4.78, 5) is 18.0. The molecule has 0 aromatic rings. The van der Waals surface area contributed by atoms with Crippen molar-refractivity contribution in [3.8, 4) is 0 Å². The Labute approximate surface area is 87.5 Å². The standard InChI is InChI=1S/2C2H4O2.CH3.ClH.H2N.Pt/c2*1-2(3)4;;;;/h2*1H3,(H,3,4);1H3;1H;1H2;/q;;-1;;-1;+1/p-1. The van der Waals surface area contributed by atoms with Crippen molar-refractivity contribution in [2.45, 2.75) is 13.8 Å². The van der Waals surface area contributed by atoms with Crippen molar-refractivity contribution in [1.29, 1.82) is 0 Å². The minimum Gasteiger partial charge on any atom is -0.693 e. The van der Waals surface area contributed by atoms with Crippen LogP contribution >= 0.6 is 9.42 Å². The molecule has 0 aliphatic carbocycles. The Balaban J connectivity index is -0.0000000198. The maximum Gasteiger partial charge on any atom is -0.693 e. The number of hydrogen-bond donors (Lipinski definition) is 2. The van der Waals surface area contributed by atoms with Gasteiger partial charge in [0, 0.05) is 13.8 Å². The second kappa shape index (κ2) is 30.7. The Hall–Kier alpha value is -0.122. The first-order valence-electron chi connectivity index (χ1n) is 1.97. The van der Waals surface area contributed by atoms with E-state index in [0.717, 1.165) is 13.8 Å². The third-order valence-corrected chi connectivity index (χ3v) is 0. The van der Waals surface area contributed by atoms with Crippen molar-refractivity contribution in [3.63, 3.8) is 0 Å². The van der Waals surface area contributed by atoms with Gasteiger partial charge in [0.1, 0.15) is 0 Å². The van der Waals surface area contributed by atoms with E-state index in [1.807, 2.05) is 0 Å². The molecule has 0 fully saturated rings. The van der Waals surface area contributed by atoms with E-state index < -0.39 is 11.9 Å². The van der Waals surface area contributed by atoms with Crippen molar-refractivity contribution < 1.29 is 38.6 Å². The van der Waals surface area contributed by atoms with Crippen molar-refractivity contribution in [2.24, 2.45) is 0 Å². The van der Waals surface area contributed by atoms with Crippen LogP contribution in [0.3, 0.4) is 0 Å². The number of halogens is 1. The third-order valence-electron chi connectivity index (χ3n) is 0. The van der Waals surface area contributed by atoms with Crippen LogP contribution in [0.4, 0.5) is 0 Å². The van der Waals surface area contributed by atoms with Crippen LogP contribution in [0.1, 0.15) is 13.8 Å². The topological polar surface area (TPSA) is 108 Å². The quantitative estimate of drug-likeness (QED) is 0.626. The molecule has 0 spiro atoms. The van der Waals surface area contributed by atoms with Crippen LogP contribution in [-0.4, -0.2) is 22.2 Å². The first-order chi connectivity index (χ1) is 4.46. The van der Waals surface area contributed by atoms with Crippen molar-refractivity contribution in [3.05, 3.63) is 13.6 Å². The molecule has 0 atom stereocenters. The predicted octanol–water partition coefficient (Wildman–Crippen LogP) is 2.04. The summed E-state index contributed by atoms with van der Waals surface area (Å²) < 4.78 is 0. The molecular formula is C5H13ClNO4Pt-2. The molecule has 0 unspecified atom stereocenters. The van der Waals surface area contributed by atoms with E-state index in [4.69, 9.17) is 19.8 Å². The minimum atomic E-state index is -0.833. The summed E-state index contributed by atoms with van der Waals surface area (Å²) in [5, 5.41) is 14.8. The summed E-state index contributed by atoms with van der Waals surface area (Å²) in [7, 11) is 4.61. The molecule has 12 heavy (non-hydrogen) atoms. The van der Waals surface area contributed by atoms with Gasteiger partial charge in [-0.2, -0.15) is 0 Å². The second-order valence-electron chi connectivity index (χ2n) is 1.04. The fraction of sp³-hybridized carbons (Fsp3) is 0.400. The summed E-state index contributed by atoms with van der Waals surface area (Å²) in [5.41, 5.74) is 0. The molecule has 7 heteroatoms. The van der Waals surface area contributed by atoms with Gasteiger partial charge in [-0.1, -0.05) is 0 Å². The number of carbonyl (C=O) groups is 2. The fourth-order valence-electron chi connectivity index (χ4n) is 0. The van der Waals surface area contributed by atoms with Crippen molar-refractivity contribution in [1.82, 2.24) is 0 Å². The van der Waals surface area contributed by atoms with E-state index in [-0.39, 0.29) is 13.6 Å². The molecule has 0 aromatic heterocycles. The largest absolute Gasteiger partial charge is 0.693 e. The van der Waals surface area contributed by atoms with E-state index in [9.17, 15) is 0 Å². The van der Waals surface area contributed by atoms with Gasteiger partial charge in [0.05, 0.1) is 0 Å². The molecule has 0 amide bonds. The molecule has 0 aliphatic rings. The maximum absolute atomic E-state index is 9.00. The van der Waals surface area contributed by atoms with Gasteiger partial charge >= 0.3 is 28.2 Å². The van der Waals surface area contributed by atoms with Crippen LogP contribution in [0, 0.1) is 7.43 Å². The van der Waals surface area contributed by atoms with E-state index in [2.05, 4.69) is 9.42 Å². The molecule has 0 heterocycles. The molecule has 0 radical (unpaired) electrons. The molecule has 0 aromatic carbocycles. The zero-order valence-corrected chi connectivity index (χ0v) is 10.0. The Morgan fingerprint density at radius 3 is 1.08 bits per heavy atom. The summed E-state index contributed by atoms with van der Waals surface area (Å²) in [6.45, 7) is 2.17. The molecule has 81 valence electrons. The van der Waals surface area contributed by atoms with E-state index in [1.165, 1.54) is 0 Å². The predicted molar refractivity (Wildman–Crippen MR) is 44.2 cm³/mol. The molecule has 0 aliphatic heterocycles. The molecule has 0 saturated carbocycles. The average molecular weight is 382 g/mol. The normalized spacial score (nSPS) is 4.75. The van der Waals surface area contributed by atoms with Gasteiger partial charge in [0.15, 0.2) is 0 Å². The van der Waals surface area contributed by atoms with Gasteiger partial charge in [-0.15, -0.1) is 0 Å². The average Bonchev–Trinajstić information content (AvgIpc) is 1.66. The van der Waals surface area contributed by atoms with E-state index >= 15 is 0 Å². The molecule has 4 N–H and O–H groups in total. The maximum atomic E-state index is 9.00. The van der Waals surface area contributed by atoms with Crippen LogP contribution in [-0.2, 0) is 28.4 Å². The number of hydrogen-bond acceptors (Lipinski definition) is 2. The summed E-state index contributed by atoms with van der Waals surface area (Å²) in [5.74, 6) is -1.67. The van der Waals surface area contributed by atoms with Gasteiger partial charge in [0.2, 0.25) is 0 Å². The zero-order valence-electron chi connectivity index (χ0n) is 6.98. The SMILES string of the molecule is CC(=O)O.CC(=O)O.[CH3-].[Cl][Pt].[NH2-]. The summed E-state index contributed by atoms with van der Waals surface area (Å²) >= 11 is 1.61. The monoisotopic (exact) mass is 381 g/mol. The van der Waals surface area contributed by atoms with Crippen molar-refractivity contribution in [2.75, 3.05) is 0 Å². The van der Waals surface area contributed by atoms with Gasteiger partial charge in [-0.25, -0.2) is 0 Å². The van der Waals surface area contributed by atoms with E-state index in [1.54, 1.807) is 18.8 Å². The first-order valence-corrected chi connectivity index (χ1v) is 4.79. The Morgan fingerprint density at radius 2 is 1.08 bits per heavy atom. The van der Waals surface area contributed by atoms with Crippen molar-refractivity contribution >= 4 is 21.4 Å². The van der Waals surface area contributed by atoms with Gasteiger partial charge < -0.3 is 23.8 Å². The number of carboxylic acids is 2. The van der Waals surface area contributed by atoms with Crippen LogP contribution < -0.4 is 0 Å². The van der Waals surface area contributed by atoms with Crippen LogP contribution in [0.15, 0.2) is 0 Å². The number of rotatable bonds is 0. The van der Waals surface area contributed by atoms with Gasteiger partial charge in [0.25, 0.3) is 11.9 Å². The summed E-state index contributed by atoms with van der Waals surface area (Å²) in [6, 6.07) is 0. The van der Waals surface area contributed by atoms with Crippen LogP contribution in [0.25, 0.3) is 6.15 Å². The Morgan fingerprint density at radius 1 is 1.08 bits per heavy atom. The Bertz CT molecular complexity index is 81.4. The number of aliphatic carboxylic acids is 2. The second-order valence-corrected chi connectivity index (χ2v) is 1.04.